The predicted octanol–water partition coefficient (Wildman–Crippen LogP) is 3.29. The zero-order valence-electron chi connectivity index (χ0n) is 13.8. The number of aromatic nitrogens is 1. The maximum atomic E-state index is 12.3. The molecule has 2 heterocycles. The number of nitrogens with zero attached hydrogens (tertiary/aromatic N) is 2. The number of hydrogen-bond donors (Lipinski definition) is 1. The lowest BCUT2D eigenvalue weighted by Crippen LogP contribution is -2.45. The number of nitrogens with two attached hydrogens (primary N) is 1. The molecule has 2 aromatic rings. The number of hydrogen-bond acceptors (Lipinski definition) is 4. The van der Waals surface area contributed by atoms with Gasteiger partial charge in [0, 0.05) is 42.0 Å². The van der Waals surface area contributed by atoms with Crippen LogP contribution in [0.5, 0.6) is 0 Å². The van der Waals surface area contributed by atoms with E-state index in [1.165, 1.54) is 0 Å². The molecule has 3 rings (SSSR count). The number of likely N-dealkylation sites (tertiary alicyclic amines) is 1. The summed E-state index contributed by atoms with van der Waals surface area (Å²) in [4.78, 5) is 18.6. The van der Waals surface area contributed by atoms with E-state index in [0.29, 0.717) is 25.3 Å². The van der Waals surface area contributed by atoms with E-state index in [-0.39, 0.29) is 11.9 Å². The Morgan fingerprint density at radius 1 is 1.42 bits per heavy atom. The molecular formula is C18H22BrN3O2. The van der Waals surface area contributed by atoms with E-state index in [1.807, 2.05) is 36.1 Å². The number of halogens is 1. The summed E-state index contributed by atoms with van der Waals surface area (Å²) >= 11 is 3.43. The van der Waals surface area contributed by atoms with Crippen molar-refractivity contribution in [3.8, 4) is 11.3 Å². The number of rotatable bonds is 4. The van der Waals surface area contributed by atoms with Crippen molar-refractivity contribution in [3.63, 3.8) is 0 Å². The van der Waals surface area contributed by atoms with Crippen LogP contribution in [0.25, 0.3) is 11.3 Å². The normalized spacial score (nSPS) is 18.0. The molecule has 0 spiro atoms. The minimum Gasteiger partial charge on any atom is -0.440 e. The first-order valence-corrected chi connectivity index (χ1v) is 9.08. The second-order valence-corrected chi connectivity index (χ2v) is 7.19. The van der Waals surface area contributed by atoms with Crippen molar-refractivity contribution >= 4 is 21.8 Å². The zero-order chi connectivity index (χ0) is 17.1. The molecule has 5 nitrogen and oxygen atoms in total. The van der Waals surface area contributed by atoms with Crippen LogP contribution in [0.4, 0.5) is 0 Å². The van der Waals surface area contributed by atoms with Crippen LogP contribution in [0, 0.1) is 6.92 Å². The van der Waals surface area contributed by atoms with Crippen molar-refractivity contribution in [2.24, 2.45) is 5.73 Å². The SMILES string of the molecule is Cc1nc(CCC(=O)N2CCCC(N)C2)oc1-c1ccc(Br)cc1. The van der Waals surface area contributed by atoms with E-state index in [1.54, 1.807) is 0 Å². The average Bonchev–Trinajstić information content (AvgIpc) is 2.94. The summed E-state index contributed by atoms with van der Waals surface area (Å²) in [6.45, 7) is 3.39. The summed E-state index contributed by atoms with van der Waals surface area (Å²) in [6.07, 6.45) is 2.91. The van der Waals surface area contributed by atoms with Crippen molar-refractivity contribution in [2.75, 3.05) is 13.1 Å². The number of oxazole rings is 1. The fraction of sp³-hybridized carbons (Fsp3) is 0.444. The number of carbonyl (C=O) groups is 1. The highest BCUT2D eigenvalue weighted by Crippen LogP contribution is 2.26. The van der Waals surface area contributed by atoms with Gasteiger partial charge in [0.25, 0.3) is 0 Å². The molecule has 0 saturated carbocycles. The van der Waals surface area contributed by atoms with Gasteiger partial charge in [-0.2, -0.15) is 0 Å². The molecule has 24 heavy (non-hydrogen) atoms. The Balaban J connectivity index is 1.63. The van der Waals surface area contributed by atoms with Gasteiger partial charge >= 0.3 is 0 Å². The van der Waals surface area contributed by atoms with E-state index in [9.17, 15) is 4.79 Å². The maximum absolute atomic E-state index is 12.3. The van der Waals surface area contributed by atoms with E-state index < -0.39 is 0 Å². The first-order valence-electron chi connectivity index (χ1n) is 8.28. The lowest BCUT2D eigenvalue weighted by atomic mass is 10.1. The number of aryl methyl sites for hydroxylation is 2. The molecule has 0 radical (unpaired) electrons. The Hall–Kier alpha value is -1.66. The molecule has 0 aliphatic carbocycles. The number of amides is 1. The van der Waals surface area contributed by atoms with Crippen LogP contribution in [0.1, 0.15) is 30.8 Å². The van der Waals surface area contributed by atoms with Gasteiger partial charge < -0.3 is 15.1 Å². The largest absolute Gasteiger partial charge is 0.440 e. The Morgan fingerprint density at radius 2 is 2.17 bits per heavy atom. The summed E-state index contributed by atoms with van der Waals surface area (Å²) in [7, 11) is 0. The third kappa shape index (κ3) is 4.05. The predicted molar refractivity (Wildman–Crippen MR) is 96.5 cm³/mol. The van der Waals surface area contributed by atoms with Crippen LogP contribution in [-0.2, 0) is 11.2 Å². The van der Waals surface area contributed by atoms with Crippen molar-refractivity contribution in [3.05, 3.63) is 40.3 Å². The average molecular weight is 392 g/mol. The minimum atomic E-state index is 0.107. The highest BCUT2D eigenvalue weighted by molar-refractivity contribution is 9.10. The molecule has 1 atom stereocenters. The highest BCUT2D eigenvalue weighted by Gasteiger charge is 2.21. The van der Waals surface area contributed by atoms with Crippen molar-refractivity contribution in [2.45, 2.75) is 38.6 Å². The lowest BCUT2D eigenvalue weighted by molar-refractivity contribution is -0.132. The first-order chi connectivity index (χ1) is 11.5. The van der Waals surface area contributed by atoms with E-state index in [2.05, 4.69) is 20.9 Å². The molecule has 1 aromatic carbocycles. The molecule has 1 fully saturated rings. The van der Waals surface area contributed by atoms with Gasteiger partial charge in [0.2, 0.25) is 5.91 Å². The molecule has 1 aliphatic rings. The summed E-state index contributed by atoms with van der Waals surface area (Å²) in [6, 6.07) is 8.03. The Bertz CT molecular complexity index is 712. The highest BCUT2D eigenvalue weighted by atomic mass is 79.9. The van der Waals surface area contributed by atoms with Gasteiger partial charge in [0.1, 0.15) is 0 Å². The third-order valence-corrected chi connectivity index (χ3v) is 4.84. The van der Waals surface area contributed by atoms with Gasteiger partial charge in [-0.3, -0.25) is 4.79 Å². The van der Waals surface area contributed by atoms with Crippen molar-refractivity contribution in [1.29, 1.82) is 0 Å². The smallest absolute Gasteiger partial charge is 0.223 e. The Kier molecular flexibility index (Phi) is 5.36. The van der Waals surface area contributed by atoms with Gasteiger partial charge in [-0.25, -0.2) is 4.98 Å². The molecule has 1 aromatic heterocycles. The quantitative estimate of drug-likeness (QED) is 0.867. The molecule has 1 saturated heterocycles. The number of piperidine rings is 1. The van der Waals surface area contributed by atoms with Crippen LogP contribution < -0.4 is 5.73 Å². The summed E-state index contributed by atoms with van der Waals surface area (Å²) in [5.74, 6) is 1.51. The molecule has 0 bridgehead atoms. The summed E-state index contributed by atoms with van der Waals surface area (Å²) < 4.78 is 6.90. The van der Waals surface area contributed by atoms with Gasteiger partial charge in [-0.1, -0.05) is 28.1 Å². The number of carbonyl (C=O) groups excluding carboxylic acids is 1. The second kappa shape index (κ2) is 7.49. The Labute approximate surface area is 150 Å². The molecule has 1 aliphatic heterocycles. The fourth-order valence-corrected chi connectivity index (χ4v) is 3.30. The lowest BCUT2D eigenvalue weighted by Gasteiger charge is -2.30. The Morgan fingerprint density at radius 3 is 2.88 bits per heavy atom. The van der Waals surface area contributed by atoms with Crippen LogP contribution in [0.15, 0.2) is 33.2 Å². The van der Waals surface area contributed by atoms with Gasteiger partial charge in [0.15, 0.2) is 11.7 Å². The van der Waals surface area contributed by atoms with Crippen LogP contribution in [0.2, 0.25) is 0 Å². The van der Waals surface area contributed by atoms with Gasteiger partial charge in [-0.05, 0) is 31.9 Å². The van der Waals surface area contributed by atoms with Crippen LogP contribution >= 0.6 is 15.9 Å². The molecule has 1 unspecified atom stereocenters. The summed E-state index contributed by atoms with van der Waals surface area (Å²) in [5.41, 5.74) is 7.78. The second-order valence-electron chi connectivity index (χ2n) is 6.27. The molecule has 6 heteroatoms. The standard InChI is InChI=1S/C18H22BrN3O2/c1-12-18(13-4-6-14(19)7-5-13)24-16(21-12)8-9-17(23)22-10-2-3-15(20)11-22/h4-7,15H,2-3,8-11,20H2,1H3. The fourth-order valence-electron chi connectivity index (χ4n) is 3.04. The van der Waals surface area contributed by atoms with Gasteiger partial charge in [0.05, 0.1) is 5.69 Å². The topological polar surface area (TPSA) is 72.4 Å². The van der Waals surface area contributed by atoms with E-state index in [4.69, 9.17) is 10.2 Å². The molecule has 128 valence electrons. The monoisotopic (exact) mass is 391 g/mol. The van der Waals surface area contributed by atoms with Crippen molar-refractivity contribution in [1.82, 2.24) is 9.88 Å². The molecule has 2 N–H and O–H groups in total. The van der Waals surface area contributed by atoms with Gasteiger partial charge in [-0.15, -0.1) is 0 Å². The van der Waals surface area contributed by atoms with Crippen LogP contribution in [0.3, 0.4) is 0 Å². The minimum absolute atomic E-state index is 0.107. The van der Waals surface area contributed by atoms with Crippen LogP contribution in [-0.4, -0.2) is 34.9 Å². The number of benzene rings is 1. The van der Waals surface area contributed by atoms with Crippen molar-refractivity contribution < 1.29 is 9.21 Å². The molecule has 1 amide bonds. The third-order valence-electron chi connectivity index (χ3n) is 4.31. The van der Waals surface area contributed by atoms with E-state index >= 15 is 0 Å². The van der Waals surface area contributed by atoms with E-state index in [0.717, 1.165) is 40.9 Å². The molecular weight excluding hydrogens is 370 g/mol. The first kappa shape index (κ1) is 17.2. The zero-order valence-corrected chi connectivity index (χ0v) is 15.4. The summed E-state index contributed by atoms with van der Waals surface area (Å²) in [5, 5.41) is 0. The maximum Gasteiger partial charge on any atom is 0.223 e.